The van der Waals surface area contributed by atoms with Gasteiger partial charge in [-0.25, -0.2) is 9.36 Å². The van der Waals surface area contributed by atoms with Gasteiger partial charge in [0.15, 0.2) is 0 Å². The molecule has 1 aromatic carbocycles. The van der Waals surface area contributed by atoms with Crippen molar-refractivity contribution < 1.29 is 14.6 Å². The van der Waals surface area contributed by atoms with Crippen LogP contribution in [0.25, 0.3) is 10.9 Å². The van der Waals surface area contributed by atoms with Gasteiger partial charge in [-0.2, -0.15) is 0 Å². The standard InChI is InChI=1S/C22H32N2O3/c1-14(2)19-12-16-11-15(13-23-17-7-6-8-20(17)25)9-10-18(16)24(19)21(26)27-22(3,4)5/h9-12,14,17,20,23,25H,6-8,13H2,1-5H3/t17-,20+/m1/s1. The molecule has 5 heteroatoms. The molecule has 0 aliphatic heterocycles. The Kier molecular flexibility index (Phi) is 5.63. The van der Waals surface area contributed by atoms with Crippen molar-refractivity contribution in [2.24, 2.45) is 0 Å². The van der Waals surface area contributed by atoms with Crippen molar-refractivity contribution in [1.82, 2.24) is 9.88 Å². The molecule has 1 aromatic heterocycles. The fourth-order valence-corrected chi connectivity index (χ4v) is 3.76. The van der Waals surface area contributed by atoms with Gasteiger partial charge in [-0.1, -0.05) is 19.9 Å². The summed E-state index contributed by atoms with van der Waals surface area (Å²) in [6, 6.07) is 8.42. The third-order valence-corrected chi connectivity index (χ3v) is 5.11. The molecule has 0 bridgehead atoms. The molecule has 2 N–H and O–H groups in total. The van der Waals surface area contributed by atoms with Crippen LogP contribution in [0.4, 0.5) is 4.79 Å². The molecule has 1 aliphatic rings. The van der Waals surface area contributed by atoms with Gasteiger partial charge in [0, 0.05) is 23.7 Å². The lowest BCUT2D eigenvalue weighted by molar-refractivity contribution is 0.0539. The summed E-state index contributed by atoms with van der Waals surface area (Å²) >= 11 is 0. The number of aliphatic hydroxyl groups excluding tert-OH is 1. The first-order chi connectivity index (χ1) is 12.7. The molecule has 0 amide bonds. The first-order valence-corrected chi connectivity index (χ1v) is 9.95. The number of rotatable bonds is 4. The number of carbonyl (C=O) groups is 1. The van der Waals surface area contributed by atoms with Crippen molar-refractivity contribution in [2.75, 3.05) is 0 Å². The molecule has 0 radical (unpaired) electrons. The molecule has 1 fully saturated rings. The Bertz CT molecular complexity index is 817. The van der Waals surface area contributed by atoms with Crippen molar-refractivity contribution in [3.8, 4) is 0 Å². The van der Waals surface area contributed by atoms with Crippen molar-refractivity contribution in [3.05, 3.63) is 35.5 Å². The first-order valence-electron chi connectivity index (χ1n) is 9.95. The number of hydrogen-bond acceptors (Lipinski definition) is 4. The number of aromatic nitrogens is 1. The van der Waals surface area contributed by atoms with E-state index in [1.165, 1.54) is 0 Å². The Labute approximate surface area is 161 Å². The zero-order chi connectivity index (χ0) is 19.8. The Morgan fingerprint density at radius 1 is 1.30 bits per heavy atom. The quantitative estimate of drug-likeness (QED) is 0.826. The average Bonchev–Trinajstić information content (AvgIpc) is 3.14. The SMILES string of the molecule is CC(C)c1cc2cc(CN[C@@H]3CCC[C@@H]3O)ccc2n1C(=O)OC(C)(C)C. The van der Waals surface area contributed by atoms with Crippen LogP contribution in [0.5, 0.6) is 0 Å². The predicted octanol–water partition coefficient (Wildman–Crippen LogP) is 4.55. The lowest BCUT2D eigenvalue weighted by Crippen LogP contribution is -2.35. The van der Waals surface area contributed by atoms with E-state index in [1.54, 1.807) is 4.57 Å². The number of aliphatic hydroxyl groups is 1. The lowest BCUT2D eigenvalue weighted by atomic mass is 10.1. The van der Waals surface area contributed by atoms with Gasteiger partial charge in [-0.05, 0) is 69.7 Å². The second-order valence-corrected chi connectivity index (χ2v) is 8.92. The molecular weight excluding hydrogens is 340 g/mol. The van der Waals surface area contributed by atoms with Crippen LogP contribution in [-0.4, -0.2) is 33.5 Å². The highest BCUT2D eigenvalue weighted by Crippen LogP contribution is 2.28. The number of carbonyl (C=O) groups excluding carboxylic acids is 1. The molecule has 0 unspecified atom stereocenters. The average molecular weight is 373 g/mol. The predicted molar refractivity (Wildman–Crippen MR) is 108 cm³/mol. The van der Waals surface area contributed by atoms with E-state index in [1.807, 2.05) is 32.9 Å². The van der Waals surface area contributed by atoms with Gasteiger partial charge in [0.2, 0.25) is 0 Å². The molecule has 5 nitrogen and oxygen atoms in total. The van der Waals surface area contributed by atoms with Crippen LogP contribution in [0.2, 0.25) is 0 Å². The molecule has 1 heterocycles. The maximum atomic E-state index is 12.8. The van der Waals surface area contributed by atoms with E-state index < -0.39 is 5.60 Å². The summed E-state index contributed by atoms with van der Waals surface area (Å²) < 4.78 is 7.32. The fourth-order valence-electron chi connectivity index (χ4n) is 3.76. The van der Waals surface area contributed by atoms with Crippen molar-refractivity contribution in [3.63, 3.8) is 0 Å². The molecule has 0 saturated heterocycles. The highest BCUT2D eigenvalue weighted by Gasteiger charge is 2.25. The molecule has 1 aliphatic carbocycles. The Morgan fingerprint density at radius 2 is 2.04 bits per heavy atom. The zero-order valence-electron chi connectivity index (χ0n) is 17.1. The number of hydrogen-bond donors (Lipinski definition) is 2. The van der Waals surface area contributed by atoms with E-state index in [0.29, 0.717) is 6.54 Å². The molecule has 2 atom stereocenters. The van der Waals surface area contributed by atoms with Crippen LogP contribution in [0.15, 0.2) is 24.3 Å². The molecule has 3 rings (SSSR count). The monoisotopic (exact) mass is 372 g/mol. The number of benzene rings is 1. The van der Waals surface area contributed by atoms with Gasteiger partial charge in [-0.3, -0.25) is 0 Å². The Hall–Kier alpha value is -1.85. The van der Waals surface area contributed by atoms with E-state index in [9.17, 15) is 9.90 Å². The van der Waals surface area contributed by atoms with Gasteiger partial charge in [-0.15, -0.1) is 0 Å². The van der Waals surface area contributed by atoms with E-state index in [0.717, 1.165) is 41.4 Å². The number of nitrogens with one attached hydrogen (secondary N) is 1. The van der Waals surface area contributed by atoms with Crippen LogP contribution in [0, 0.1) is 0 Å². The van der Waals surface area contributed by atoms with Crippen LogP contribution in [0.1, 0.15) is 71.1 Å². The summed E-state index contributed by atoms with van der Waals surface area (Å²) in [6.07, 6.45) is 2.41. The van der Waals surface area contributed by atoms with E-state index in [4.69, 9.17) is 4.74 Å². The zero-order valence-corrected chi connectivity index (χ0v) is 17.1. The summed E-state index contributed by atoms with van der Waals surface area (Å²) in [7, 11) is 0. The van der Waals surface area contributed by atoms with Gasteiger partial charge in [0.1, 0.15) is 5.60 Å². The van der Waals surface area contributed by atoms with Crippen LogP contribution < -0.4 is 5.32 Å². The second kappa shape index (κ2) is 7.64. The third-order valence-electron chi connectivity index (χ3n) is 5.11. The summed E-state index contributed by atoms with van der Waals surface area (Å²) in [5, 5.41) is 14.5. The molecule has 1 saturated carbocycles. The van der Waals surface area contributed by atoms with Gasteiger partial charge in [0.05, 0.1) is 11.6 Å². The molecule has 2 aromatic rings. The topological polar surface area (TPSA) is 63.5 Å². The molecule has 0 spiro atoms. The fraction of sp³-hybridized carbons (Fsp3) is 0.591. The summed E-state index contributed by atoms with van der Waals surface area (Å²) in [5.41, 5.74) is 2.44. The largest absolute Gasteiger partial charge is 0.443 e. The second-order valence-electron chi connectivity index (χ2n) is 8.92. The highest BCUT2D eigenvalue weighted by molar-refractivity contribution is 5.91. The first kappa shape index (κ1) is 19.9. The van der Waals surface area contributed by atoms with Crippen molar-refractivity contribution in [1.29, 1.82) is 0 Å². The van der Waals surface area contributed by atoms with E-state index >= 15 is 0 Å². The number of nitrogens with zero attached hydrogens (tertiary/aromatic N) is 1. The Morgan fingerprint density at radius 3 is 2.63 bits per heavy atom. The summed E-state index contributed by atoms with van der Waals surface area (Å²) in [6.45, 7) is 10.5. The van der Waals surface area contributed by atoms with Gasteiger partial charge < -0.3 is 15.2 Å². The molecule has 27 heavy (non-hydrogen) atoms. The number of ether oxygens (including phenoxy) is 1. The Balaban J connectivity index is 1.87. The summed E-state index contributed by atoms with van der Waals surface area (Å²) in [4.78, 5) is 12.8. The van der Waals surface area contributed by atoms with E-state index in [2.05, 4.69) is 31.3 Å². The third kappa shape index (κ3) is 4.53. The lowest BCUT2D eigenvalue weighted by Gasteiger charge is -2.21. The van der Waals surface area contributed by atoms with E-state index in [-0.39, 0.29) is 24.2 Å². The molecule has 148 valence electrons. The highest BCUT2D eigenvalue weighted by atomic mass is 16.6. The van der Waals surface area contributed by atoms with Crippen molar-refractivity contribution in [2.45, 2.75) is 84.1 Å². The maximum absolute atomic E-state index is 12.8. The molecular formula is C22H32N2O3. The van der Waals surface area contributed by atoms with Crippen LogP contribution >= 0.6 is 0 Å². The smallest absolute Gasteiger partial charge is 0.419 e. The minimum atomic E-state index is -0.534. The van der Waals surface area contributed by atoms with Gasteiger partial charge >= 0.3 is 6.09 Å². The minimum absolute atomic E-state index is 0.179. The number of fused-ring (bicyclic) bond motifs is 1. The maximum Gasteiger partial charge on any atom is 0.419 e. The normalized spacial score (nSPS) is 20.6. The van der Waals surface area contributed by atoms with Crippen LogP contribution in [-0.2, 0) is 11.3 Å². The van der Waals surface area contributed by atoms with Crippen LogP contribution in [0.3, 0.4) is 0 Å². The van der Waals surface area contributed by atoms with Crippen molar-refractivity contribution >= 4 is 17.0 Å². The van der Waals surface area contributed by atoms with Gasteiger partial charge in [0.25, 0.3) is 0 Å². The summed E-state index contributed by atoms with van der Waals surface area (Å²) in [5.74, 6) is 0.208. The minimum Gasteiger partial charge on any atom is -0.443 e.